The SMILES string of the molecule is CC(O/N=C(\N)c1ccccn1)c1cc(F)cc(SC(C)(C)C)c1. The first-order valence-electron chi connectivity index (χ1n) is 7.65. The molecular formula is C18H22FN3OS. The van der Waals surface area contributed by atoms with Crippen LogP contribution >= 0.6 is 11.8 Å². The summed E-state index contributed by atoms with van der Waals surface area (Å²) in [5.41, 5.74) is 7.09. The number of nitrogens with two attached hydrogens (primary N) is 1. The molecule has 0 radical (unpaired) electrons. The quantitative estimate of drug-likeness (QED) is 0.374. The van der Waals surface area contributed by atoms with Crippen molar-refractivity contribution < 1.29 is 9.23 Å². The van der Waals surface area contributed by atoms with Gasteiger partial charge in [0.15, 0.2) is 5.84 Å². The Kier molecular flexibility index (Phi) is 5.83. The Bertz CT molecular complexity index is 714. The largest absolute Gasteiger partial charge is 0.386 e. The van der Waals surface area contributed by atoms with E-state index in [0.717, 1.165) is 4.90 Å². The first-order chi connectivity index (χ1) is 11.2. The number of halogens is 1. The van der Waals surface area contributed by atoms with Gasteiger partial charge >= 0.3 is 0 Å². The Labute approximate surface area is 146 Å². The lowest BCUT2D eigenvalue weighted by molar-refractivity contribution is 0.0717. The smallest absolute Gasteiger partial charge is 0.188 e. The van der Waals surface area contributed by atoms with Gasteiger partial charge in [-0.1, -0.05) is 32.0 Å². The van der Waals surface area contributed by atoms with Crippen LogP contribution in [0.4, 0.5) is 4.39 Å². The highest BCUT2D eigenvalue weighted by atomic mass is 32.2. The Morgan fingerprint density at radius 1 is 1.29 bits per heavy atom. The first kappa shape index (κ1) is 18.3. The Morgan fingerprint density at radius 3 is 2.67 bits per heavy atom. The standard InChI is InChI=1S/C18H22FN3OS/c1-12(23-22-17(20)16-7-5-6-8-21-16)13-9-14(19)11-15(10-13)24-18(2,3)4/h5-12H,1-4H3,(H2,20,22). The van der Waals surface area contributed by atoms with Gasteiger partial charge in [-0.15, -0.1) is 11.8 Å². The molecule has 4 nitrogen and oxygen atoms in total. The average Bonchev–Trinajstić information content (AvgIpc) is 2.50. The van der Waals surface area contributed by atoms with Gasteiger partial charge in [-0.2, -0.15) is 0 Å². The highest BCUT2D eigenvalue weighted by molar-refractivity contribution is 8.00. The molecule has 2 aromatic rings. The Hall–Kier alpha value is -2.08. The lowest BCUT2D eigenvalue weighted by Gasteiger charge is -2.19. The fraction of sp³-hybridized carbons (Fsp3) is 0.333. The number of pyridine rings is 1. The van der Waals surface area contributed by atoms with Crippen LogP contribution in [-0.2, 0) is 4.84 Å². The molecule has 6 heteroatoms. The predicted molar refractivity (Wildman–Crippen MR) is 96.5 cm³/mol. The number of amidine groups is 1. The number of rotatable bonds is 5. The fourth-order valence-electron chi connectivity index (χ4n) is 1.99. The lowest BCUT2D eigenvalue weighted by atomic mass is 10.1. The van der Waals surface area contributed by atoms with Gasteiger partial charge in [-0.3, -0.25) is 4.98 Å². The minimum atomic E-state index is -0.428. The van der Waals surface area contributed by atoms with Crippen LogP contribution in [0.15, 0.2) is 52.6 Å². The minimum Gasteiger partial charge on any atom is -0.386 e. The second-order valence-corrected chi connectivity index (χ2v) is 8.27. The Balaban J connectivity index is 2.13. The average molecular weight is 347 g/mol. The molecule has 0 spiro atoms. The van der Waals surface area contributed by atoms with Gasteiger partial charge < -0.3 is 10.6 Å². The number of nitrogens with zero attached hydrogens (tertiary/aromatic N) is 2. The molecule has 0 amide bonds. The third-order valence-corrected chi connectivity index (χ3v) is 4.11. The topological polar surface area (TPSA) is 60.5 Å². The molecule has 0 saturated carbocycles. The van der Waals surface area contributed by atoms with Gasteiger partial charge in [0.1, 0.15) is 17.6 Å². The van der Waals surface area contributed by atoms with Crippen LogP contribution in [0.2, 0.25) is 0 Å². The van der Waals surface area contributed by atoms with Crippen molar-refractivity contribution >= 4 is 17.6 Å². The van der Waals surface area contributed by atoms with E-state index in [1.165, 1.54) is 12.1 Å². The molecule has 2 N–H and O–H groups in total. The molecule has 0 aliphatic carbocycles. The van der Waals surface area contributed by atoms with Crippen molar-refractivity contribution in [3.8, 4) is 0 Å². The maximum Gasteiger partial charge on any atom is 0.188 e. The van der Waals surface area contributed by atoms with Gasteiger partial charge in [0, 0.05) is 15.8 Å². The van der Waals surface area contributed by atoms with Gasteiger partial charge in [0.2, 0.25) is 0 Å². The van der Waals surface area contributed by atoms with Gasteiger partial charge in [0.25, 0.3) is 0 Å². The molecule has 0 aliphatic heterocycles. The van der Waals surface area contributed by atoms with E-state index in [0.29, 0.717) is 11.3 Å². The number of benzene rings is 1. The van der Waals surface area contributed by atoms with E-state index >= 15 is 0 Å². The summed E-state index contributed by atoms with van der Waals surface area (Å²) >= 11 is 1.60. The van der Waals surface area contributed by atoms with Crippen molar-refractivity contribution in [1.82, 2.24) is 4.98 Å². The summed E-state index contributed by atoms with van der Waals surface area (Å²) in [6.45, 7) is 8.05. The first-order valence-corrected chi connectivity index (χ1v) is 8.46. The summed E-state index contributed by atoms with van der Waals surface area (Å²) in [5.74, 6) is -0.112. The van der Waals surface area contributed by atoms with Crippen molar-refractivity contribution in [2.45, 2.75) is 43.4 Å². The summed E-state index contributed by atoms with van der Waals surface area (Å²) in [5, 5.41) is 3.91. The zero-order valence-electron chi connectivity index (χ0n) is 14.3. The van der Waals surface area contributed by atoms with Crippen molar-refractivity contribution in [1.29, 1.82) is 0 Å². The minimum absolute atomic E-state index is 0.00326. The molecule has 128 valence electrons. The molecule has 0 bridgehead atoms. The van der Waals surface area contributed by atoms with Gasteiger partial charge in [-0.25, -0.2) is 4.39 Å². The molecule has 2 rings (SSSR count). The molecule has 0 fully saturated rings. The number of thioether (sulfide) groups is 1. The van der Waals surface area contributed by atoms with E-state index in [-0.39, 0.29) is 16.4 Å². The summed E-state index contributed by atoms with van der Waals surface area (Å²) in [6, 6.07) is 10.2. The van der Waals surface area contributed by atoms with E-state index in [1.54, 1.807) is 37.0 Å². The Morgan fingerprint density at radius 2 is 2.04 bits per heavy atom. The van der Waals surface area contributed by atoms with Crippen LogP contribution in [0.25, 0.3) is 0 Å². The van der Waals surface area contributed by atoms with Crippen molar-refractivity contribution in [3.05, 3.63) is 59.7 Å². The molecule has 1 heterocycles. The van der Waals surface area contributed by atoms with E-state index in [9.17, 15) is 4.39 Å². The van der Waals surface area contributed by atoms with E-state index in [4.69, 9.17) is 10.6 Å². The number of hydrogen-bond acceptors (Lipinski definition) is 4. The second kappa shape index (κ2) is 7.66. The normalized spacial score (nSPS) is 13.6. The van der Waals surface area contributed by atoms with Crippen LogP contribution in [-0.4, -0.2) is 15.6 Å². The van der Waals surface area contributed by atoms with Gasteiger partial charge in [0.05, 0.1) is 0 Å². The maximum absolute atomic E-state index is 13.9. The van der Waals surface area contributed by atoms with Crippen LogP contribution in [0.1, 0.15) is 45.1 Å². The third kappa shape index (κ3) is 5.53. The third-order valence-electron chi connectivity index (χ3n) is 3.02. The summed E-state index contributed by atoms with van der Waals surface area (Å²) < 4.78 is 13.9. The van der Waals surface area contributed by atoms with Crippen LogP contribution < -0.4 is 5.73 Å². The molecular weight excluding hydrogens is 325 g/mol. The fourth-order valence-corrected chi connectivity index (χ4v) is 3.06. The highest BCUT2D eigenvalue weighted by Gasteiger charge is 2.16. The summed E-state index contributed by atoms with van der Waals surface area (Å²) in [7, 11) is 0. The lowest BCUT2D eigenvalue weighted by Crippen LogP contribution is -2.16. The van der Waals surface area contributed by atoms with Crippen LogP contribution in [0.3, 0.4) is 0 Å². The summed E-state index contributed by atoms with van der Waals surface area (Å²) in [4.78, 5) is 10.4. The zero-order chi connectivity index (χ0) is 17.7. The van der Waals surface area contributed by atoms with E-state index in [1.807, 2.05) is 12.1 Å². The molecule has 1 aromatic heterocycles. The molecule has 1 aromatic carbocycles. The van der Waals surface area contributed by atoms with E-state index < -0.39 is 6.10 Å². The highest BCUT2D eigenvalue weighted by Crippen LogP contribution is 2.34. The van der Waals surface area contributed by atoms with Crippen molar-refractivity contribution in [2.24, 2.45) is 10.9 Å². The molecule has 1 unspecified atom stereocenters. The maximum atomic E-state index is 13.9. The zero-order valence-corrected chi connectivity index (χ0v) is 15.1. The number of aromatic nitrogens is 1. The molecule has 0 saturated heterocycles. The number of oxime groups is 1. The monoisotopic (exact) mass is 347 g/mol. The summed E-state index contributed by atoms with van der Waals surface area (Å²) in [6.07, 6.45) is 1.20. The number of hydrogen-bond donors (Lipinski definition) is 1. The molecule has 24 heavy (non-hydrogen) atoms. The van der Waals surface area contributed by atoms with Crippen LogP contribution in [0, 0.1) is 5.82 Å². The predicted octanol–water partition coefficient (Wildman–Crippen LogP) is 4.51. The van der Waals surface area contributed by atoms with E-state index in [2.05, 4.69) is 30.9 Å². The molecule has 0 aliphatic rings. The van der Waals surface area contributed by atoms with Crippen molar-refractivity contribution in [3.63, 3.8) is 0 Å². The van der Waals surface area contributed by atoms with Gasteiger partial charge in [-0.05, 0) is 42.8 Å². The second-order valence-electron chi connectivity index (χ2n) is 6.37. The van der Waals surface area contributed by atoms with Crippen LogP contribution in [0.5, 0.6) is 0 Å². The molecule has 1 atom stereocenters. The van der Waals surface area contributed by atoms with Crippen molar-refractivity contribution in [2.75, 3.05) is 0 Å².